The number of aromatic nitrogens is 1. The van der Waals surface area contributed by atoms with Crippen molar-refractivity contribution in [2.24, 2.45) is 13.0 Å². The molecule has 7 heteroatoms. The van der Waals surface area contributed by atoms with Gasteiger partial charge in [0.1, 0.15) is 5.00 Å². The molecule has 1 amide bonds. The molecule has 1 aliphatic heterocycles. The lowest BCUT2D eigenvalue weighted by atomic mass is 9.88. The Labute approximate surface area is 175 Å². The number of carbonyl (C=O) groups is 2. The molecule has 0 bridgehead atoms. The van der Waals surface area contributed by atoms with E-state index < -0.39 is 0 Å². The number of methoxy groups -OCH3 is 1. The van der Waals surface area contributed by atoms with Crippen LogP contribution in [0.25, 0.3) is 0 Å². The summed E-state index contributed by atoms with van der Waals surface area (Å²) >= 11 is 1.54. The molecule has 2 atom stereocenters. The molecule has 2 aliphatic rings. The molecule has 3 heterocycles. The Balaban J connectivity index is 1.51. The molecule has 2 aromatic heterocycles. The standard InChI is InChI=1S/C22H29N3O3S/c1-14-8-9-15-18(12-14)29-21(20(15)22(27)28-3)23-19(26)13-25-11-5-7-17(25)16-6-4-10-24(16)2/h4,6,10,14,17H,5,7-9,11-13H2,1-3H3,(H,23,26)/t14-,17-/m1/s1. The third-order valence-electron chi connectivity index (χ3n) is 6.19. The van der Waals surface area contributed by atoms with Gasteiger partial charge >= 0.3 is 5.97 Å². The number of amides is 1. The molecule has 0 radical (unpaired) electrons. The fraction of sp³-hybridized carbons (Fsp3) is 0.545. The molecule has 29 heavy (non-hydrogen) atoms. The largest absolute Gasteiger partial charge is 0.465 e. The van der Waals surface area contributed by atoms with Crippen molar-refractivity contribution in [3.05, 3.63) is 40.0 Å². The number of esters is 1. The number of nitrogens with one attached hydrogen (secondary N) is 1. The van der Waals surface area contributed by atoms with Crippen molar-refractivity contribution in [1.82, 2.24) is 9.47 Å². The van der Waals surface area contributed by atoms with Gasteiger partial charge < -0.3 is 14.6 Å². The minimum atomic E-state index is -0.352. The van der Waals surface area contributed by atoms with Crippen LogP contribution in [-0.2, 0) is 29.4 Å². The van der Waals surface area contributed by atoms with E-state index in [4.69, 9.17) is 4.74 Å². The SMILES string of the molecule is COC(=O)c1c(NC(=O)CN2CCC[C@@H]2c2cccn2C)sc2c1CC[C@@H](C)C2. The number of rotatable bonds is 5. The van der Waals surface area contributed by atoms with E-state index in [1.807, 2.05) is 19.3 Å². The smallest absolute Gasteiger partial charge is 0.341 e. The van der Waals surface area contributed by atoms with Gasteiger partial charge in [-0.05, 0) is 62.3 Å². The average Bonchev–Trinajstić information content (AvgIpc) is 3.39. The first-order valence-electron chi connectivity index (χ1n) is 10.4. The van der Waals surface area contributed by atoms with Crippen molar-refractivity contribution >= 4 is 28.2 Å². The van der Waals surface area contributed by atoms with E-state index in [1.54, 1.807) is 11.3 Å². The van der Waals surface area contributed by atoms with Crippen LogP contribution in [0.15, 0.2) is 18.3 Å². The Morgan fingerprint density at radius 2 is 2.17 bits per heavy atom. The summed E-state index contributed by atoms with van der Waals surface area (Å²) in [7, 11) is 3.45. The van der Waals surface area contributed by atoms with Gasteiger partial charge in [-0.1, -0.05) is 6.92 Å². The molecular formula is C22H29N3O3S. The number of hydrogen-bond acceptors (Lipinski definition) is 5. The van der Waals surface area contributed by atoms with Gasteiger partial charge in [0.15, 0.2) is 0 Å². The Bertz CT molecular complexity index is 917. The number of aryl methyl sites for hydroxylation is 1. The maximum absolute atomic E-state index is 12.9. The number of thiophene rings is 1. The second-order valence-electron chi connectivity index (χ2n) is 8.27. The number of anilines is 1. The lowest BCUT2D eigenvalue weighted by Crippen LogP contribution is -2.33. The highest BCUT2D eigenvalue weighted by atomic mass is 32.1. The molecule has 2 aromatic rings. The van der Waals surface area contributed by atoms with Crippen LogP contribution in [0, 0.1) is 5.92 Å². The highest BCUT2D eigenvalue weighted by Crippen LogP contribution is 2.40. The number of hydrogen-bond donors (Lipinski definition) is 1. The van der Waals surface area contributed by atoms with Crippen molar-refractivity contribution in [1.29, 1.82) is 0 Å². The van der Waals surface area contributed by atoms with Gasteiger partial charge in [0.25, 0.3) is 0 Å². The van der Waals surface area contributed by atoms with Crippen LogP contribution in [0.1, 0.15) is 58.7 Å². The zero-order chi connectivity index (χ0) is 20.5. The molecule has 1 N–H and O–H groups in total. The second kappa shape index (κ2) is 8.32. The first-order chi connectivity index (χ1) is 14.0. The Morgan fingerprint density at radius 1 is 1.34 bits per heavy atom. The molecule has 1 saturated heterocycles. The van der Waals surface area contributed by atoms with Crippen LogP contribution in [0.4, 0.5) is 5.00 Å². The summed E-state index contributed by atoms with van der Waals surface area (Å²) in [4.78, 5) is 28.8. The minimum absolute atomic E-state index is 0.0668. The van der Waals surface area contributed by atoms with Crippen LogP contribution in [0.5, 0.6) is 0 Å². The lowest BCUT2D eigenvalue weighted by Gasteiger charge is -2.24. The molecule has 0 unspecified atom stereocenters. The average molecular weight is 416 g/mol. The van der Waals surface area contributed by atoms with Crippen LogP contribution in [-0.4, -0.2) is 41.5 Å². The quantitative estimate of drug-likeness (QED) is 0.755. The molecule has 1 fully saturated rings. The lowest BCUT2D eigenvalue weighted by molar-refractivity contribution is -0.117. The third-order valence-corrected chi connectivity index (χ3v) is 7.36. The van der Waals surface area contributed by atoms with Crippen LogP contribution >= 0.6 is 11.3 Å². The maximum Gasteiger partial charge on any atom is 0.341 e. The molecule has 156 valence electrons. The van der Waals surface area contributed by atoms with Crippen LogP contribution < -0.4 is 5.32 Å². The van der Waals surface area contributed by atoms with E-state index in [9.17, 15) is 9.59 Å². The topological polar surface area (TPSA) is 63.6 Å². The van der Waals surface area contributed by atoms with E-state index in [1.165, 1.54) is 17.7 Å². The van der Waals surface area contributed by atoms with Crippen LogP contribution in [0.3, 0.4) is 0 Å². The first-order valence-corrected chi connectivity index (χ1v) is 11.2. The fourth-order valence-corrected chi connectivity index (χ4v) is 6.09. The minimum Gasteiger partial charge on any atom is -0.465 e. The summed E-state index contributed by atoms with van der Waals surface area (Å²) in [5.41, 5.74) is 2.87. The molecule has 4 rings (SSSR count). The van der Waals surface area contributed by atoms with Gasteiger partial charge in [0, 0.05) is 23.8 Å². The monoisotopic (exact) mass is 415 g/mol. The highest BCUT2D eigenvalue weighted by molar-refractivity contribution is 7.17. The molecule has 1 aliphatic carbocycles. The zero-order valence-corrected chi connectivity index (χ0v) is 18.2. The van der Waals surface area contributed by atoms with Gasteiger partial charge in [-0.3, -0.25) is 9.69 Å². The van der Waals surface area contributed by atoms with E-state index >= 15 is 0 Å². The van der Waals surface area contributed by atoms with Crippen molar-refractivity contribution in [2.45, 2.75) is 45.1 Å². The van der Waals surface area contributed by atoms with Crippen molar-refractivity contribution < 1.29 is 14.3 Å². The molecular weight excluding hydrogens is 386 g/mol. The summed E-state index contributed by atoms with van der Waals surface area (Å²) in [6.45, 7) is 3.47. The Morgan fingerprint density at radius 3 is 2.90 bits per heavy atom. The van der Waals surface area contributed by atoms with E-state index in [0.29, 0.717) is 23.0 Å². The van der Waals surface area contributed by atoms with Gasteiger partial charge in [-0.2, -0.15) is 0 Å². The van der Waals surface area contributed by atoms with Gasteiger partial charge in [-0.15, -0.1) is 11.3 Å². The van der Waals surface area contributed by atoms with Crippen LogP contribution in [0.2, 0.25) is 0 Å². The number of carbonyl (C=O) groups excluding carboxylic acids is 2. The van der Waals surface area contributed by atoms with Crippen molar-refractivity contribution in [3.63, 3.8) is 0 Å². The number of fused-ring (bicyclic) bond motifs is 1. The van der Waals surface area contributed by atoms with Crippen molar-refractivity contribution in [2.75, 3.05) is 25.5 Å². The van der Waals surface area contributed by atoms with E-state index in [-0.39, 0.29) is 17.9 Å². The third kappa shape index (κ3) is 3.98. The molecule has 6 nitrogen and oxygen atoms in total. The summed E-state index contributed by atoms with van der Waals surface area (Å²) in [5.74, 6) is 0.184. The maximum atomic E-state index is 12.9. The normalized spacial score (nSPS) is 21.8. The van der Waals surface area contributed by atoms with Crippen molar-refractivity contribution in [3.8, 4) is 0 Å². The Hall–Kier alpha value is -2.12. The molecule has 0 saturated carbocycles. The molecule has 0 aromatic carbocycles. The van der Waals surface area contributed by atoms with Gasteiger partial charge in [0.05, 0.1) is 25.3 Å². The summed E-state index contributed by atoms with van der Waals surface area (Å²) in [6.07, 6.45) is 7.08. The number of likely N-dealkylation sites (tertiary alicyclic amines) is 1. The molecule has 0 spiro atoms. The predicted octanol–water partition coefficient (Wildman–Crippen LogP) is 3.77. The van der Waals surface area contributed by atoms with E-state index in [0.717, 1.165) is 44.2 Å². The van der Waals surface area contributed by atoms with E-state index in [2.05, 4.69) is 27.8 Å². The highest BCUT2D eigenvalue weighted by Gasteiger charge is 2.31. The number of nitrogens with zero attached hydrogens (tertiary/aromatic N) is 2. The first kappa shape index (κ1) is 20.2. The second-order valence-corrected chi connectivity index (χ2v) is 9.37. The predicted molar refractivity (Wildman–Crippen MR) is 114 cm³/mol. The zero-order valence-electron chi connectivity index (χ0n) is 17.4. The van der Waals surface area contributed by atoms with Gasteiger partial charge in [-0.25, -0.2) is 4.79 Å². The van der Waals surface area contributed by atoms with Gasteiger partial charge in [0.2, 0.25) is 5.91 Å². The summed E-state index contributed by atoms with van der Waals surface area (Å²) in [6, 6.07) is 4.44. The summed E-state index contributed by atoms with van der Waals surface area (Å²) < 4.78 is 7.16. The number of ether oxygens (including phenoxy) is 1. The Kier molecular flexibility index (Phi) is 5.79. The fourth-order valence-electron chi connectivity index (χ4n) is 4.68. The summed E-state index contributed by atoms with van der Waals surface area (Å²) in [5, 5.41) is 3.68.